The Labute approximate surface area is 245 Å². The van der Waals surface area contributed by atoms with Gasteiger partial charge < -0.3 is 32.5 Å². The van der Waals surface area contributed by atoms with Crippen LogP contribution >= 0.6 is 0 Å². The number of hydrogen-bond acceptors (Lipinski definition) is 8. The van der Waals surface area contributed by atoms with Gasteiger partial charge in [-0.1, -0.05) is 6.08 Å². The lowest BCUT2D eigenvalue weighted by molar-refractivity contribution is -0.154. The molecule has 3 aliphatic heterocycles. The lowest BCUT2D eigenvalue weighted by Gasteiger charge is -2.42. The van der Waals surface area contributed by atoms with Gasteiger partial charge in [-0.3, -0.25) is 0 Å². The van der Waals surface area contributed by atoms with Gasteiger partial charge >= 0.3 is 5.97 Å². The van der Waals surface area contributed by atoms with Crippen LogP contribution in [0.3, 0.4) is 0 Å². The molecule has 3 rings (SSSR count). The van der Waals surface area contributed by atoms with Crippen molar-refractivity contribution in [2.24, 2.45) is 0 Å². The molecular formula is C30H56O8Si2. The van der Waals surface area contributed by atoms with Gasteiger partial charge in [0.05, 0.1) is 55.4 Å². The highest BCUT2D eigenvalue weighted by Crippen LogP contribution is 2.43. The van der Waals surface area contributed by atoms with E-state index in [1.54, 1.807) is 0 Å². The summed E-state index contributed by atoms with van der Waals surface area (Å²) in [5, 5.41) is 0. The summed E-state index contributed by atoms with van der Waals surface area (Å²) in [4.78, 5) is 11.8. The lowest BCUT2D eigenvalue weighted by atomic mass is 9.89. The SMILES string of the molecule is COC(=O)/C=C/C[C@@H]1O[C@@H]2CC[C@](C)(O[Si](C)(C)C)[C@@H](CCC3COC(C)(C)O3)O[C@H]2CC[C@@]1(C)O[Si](C)(C)C. The summed E-state index contributed by atoms with van der Waals surface area (Å²) < 4.78 is 44.4. The van der Waals surface area contributed by atoms with Crippen LogP contribution in [0.4, 0.5) is 0 Å². The monoisotopic (exact) mass is 600 g/mol. The van der Waals surface area contributed by atoms with Crippen molar-refractivity contribution in [2.45, 2.75) is 159 Å². The van der Waals surface area contributed by atoms with Crippen molar-refractivity contribution in [3.8, 4) is 0 Å². The second-order valence-electron chi connectivity index (χ2n) is 14.6. The van der Waals surface area contributed by atoms with Crippen LogP contribution in [-0.4, -0.2) is 83.8 Å². The number of esters is 1. The Hall–Kier alpha value is -0.596. The molecule has 40 heavy (non-hydrogen) atoms. The van der Waals surface area contributed by atoms with Crippen LogP contribution in [0.1, 0.15) is 72.6 Å². The highest BCUT2D eigenvalue weighted by molar-refractivity contribution is 6.70. The normalized spacial score (nSPS) is 37.1. The molecule has 3 heterocycles. The minimum atomic E-state index is -1.89. The third-order valence-electron chi connectivity index (χ3n) is 8.01. The zero-order valence-corrected chi connectivity index (χ0v) is 29.0. The van der Waals surface area contributed by atoms with E-state index in [0.717, 1.165) is 38.5 Å². The van der Waals surface area contributed by atoms with Gasteiger partial charge in [-0.05, 0) is 112 Å². The maximum Gasteiger partial charge on any atom is 0.330 e. The fourth-order valence-corrected chi connectivity index (χ4v) is 9.75. The largest absolute Gasteiger partial charge is 0.466 e. The van der Waals surface area contributed by atoms with Gasteiger partial charge in [0.15, 0.2) is 22.4 Å². The van der Waals surface area contributed by atoms with Crippen molar-refractivity contribution < 1.29 is 37.3 Å². The molecule has 1 unspecified atom stereocenters. The van der Waals surface area contributed by atoms with E-state index < -0.39 is 33.6 Å². The van der Waals surface area contributed by atoms with E-state index in [1.165, 1.54) is 13.2 Å². The van der Waals surface area contributed by atoms with Crippen LogP contribution in [0, 0.1) is 0 Å². The molecule has 3 saturated heterocycles. The Kier molecular flexibility index (Phi) is 11.0. The van der Waals surface area contributed by atoms with E-state index in [1.807, 2.05) is 19.9 Å². The number of carbonyl (C=O) groups excluding carboxylic acids is 1. The van der Waals surface area contributed by atoms with E-state index in [2.05, 4.69) is 53.1 Å². The van der Waals surface area contributed by atoms with Gasteiger partial charge in [-0.2, -0.15) is 0 Å². The summed E-state index contributed by atoms with van der Waals surface area (Å²) in [6.07, 6.45) is 8.59. The highest BCUT2D eigenvalue weighted by Gasteiger charge is 2.50. The zero-order chi connectivity index (χ0) is 30.0. The molecule has 0 aliphatic carbocycles. The second-order valence-corrected chi connectivity index (χ2v) is 23.5. The molecule has 0 spiro atoms. The number of carbonyl (C=O) groups is 1. The van der Waals surface area contributed by atoms with Crippen LogP contribution in [0.2, 0.25) is 39.3 Å². The average Bonchev–Trinajstić information content (AvgIpc) is 3.02. The van der Waals surface area contributed by atoms with Gasteiger partial charge in [-0.25, -0.2) is 4.79 Å². The molecule has 8 nitrogen and oxygen atoms in total. The fourth-order valence-electron chi connectivity index (χ4n) is 6.48. The summed E-state index contributed by atoms with van der Waals surface area (Å²) in [7, 11) is -2.36. The molecule has 0 amide bonds. The summed E-state index contributed by atoms with van der Waals surface area (Å²) >= 11 is 0. The van der Waals surface area contributed by atoms with Crippen LogP contribution in [0.15, 0.2) is 12.2 Å². The predicted octanol–water partition coefficient (Wildman–Crippen LogP) is 6.35. The molecule has 3 fully saturated rings. The second kappa shape index (κ2) is 13.0. The number of ether oxygens (including phenoxy) is 5. The minimum absolute atomic E-state index is 0.0542. The number of rotatable bonds is 10. The standard InChI is InChI=1S/C30H56O8Si2/c1-28(2)33-21-22(36-28)15-16-26-30(4,38-40(9,10)11)20-18-23-24(35-26)17-19-29(3,37-39(6,7)8)25(34-23)13-12-14-27(31)32-5/h12,14,22-26H,13,15-21H2,1-11H3/b14-12+/t22?,23-,24+,25+,26-,29-,30+/m1/s1. The smallest absolute Gasteiger partial charge is 0.330 e. The first kappa shape index (κ1) is 33.9. The summed E-state index contributed by atoms with van der Waals surface area (Å²) in [6.45, 7) is 22.3. The Morgan fingerprint density at radius 2 is 1.38 bits per heavy atom. The van der Waals surface area contributed by atoms with E-state index >= 15 is 0 Å². The van der Waals surface area contributed by atoms with Crippen molar-refractivity contribution in [1.82, 2.24) is 0 Å². The number of hydrogen-bond donors (Lipinski definition) is 0. The van der Waals surface area contributed by atoms with Gasteiger partial charge in [0, 0.05) is 6.08 Å². The fraction of sp³-hybridized carbons (Fsp3) is 0.900. The Morgan fingerprint density at radius 3 is 1.85 bits per heavy atom. The first-order chi connectivity index (χ1) is 18.3. The molecule has 3 aliphatic rings. The van der Waals surface area contributed by atoms with Crippen molar-refractivity contribution in [2.75, 3.05) is 13.7 Å². The molecule has 0 aromatic carbocycles. The van der Waals surface area contributed by atoms with Crippen molar-refractivity contribution in [3.63, 3.8) is 0 Å². The van der Waals surface area contributed by atoms with E-state index in [-0.39, 0.29) is 36.5 Å². The first-order valence-electron chi connectivity index (χ1n) is 15.1. The van der Waals surface area contributed by atoms with Crippen molar-refractivity contribution in [3.05, 3.63) is 12.2 Å². The molecule has 7 atom stereocenters. The zero-order valence-electron chi connectivity index (χ0n) is 27.0. The third-order valence-corrected chi connectivity index (χ3v) is 10.2. The Bertz CT molecular complexity index is 882. The molecular weight excluding hydrogens is 544 g/mol. The summed E-state index contributed by atoms with van der Waals surface area (Å²) in [6, 6.07) is 0. The molecule has 232 valence electrons. The molecule has 0 N–H and O–H groups in total. The topological polar surface area (TPSA) is 81.7 Å². The maximum atomic E-state index is 11.8. The molecule has 0 saturated carbocycles. The third kappa shape index (κ3) is 9.72. The summed E-state index contributed by atoms with van der Waals surface area (Å²) in [5.74, 6) is -0.898. The van der Waals surface area contributed by atoms with E-state index in [0.29, 0.717) is 13.0 Å². The van der Waals surface area contributed by atoms with E-state index in [4.69, 9.17) is 32.5 Å². The predicted molar refractivity (Wildman–Crippen MR) is 161 cm³/mol. The van der Waals surface area contributed by atoms with Crippen molar-refractivity contribution >= 4 is 22.6 Å². The molecule has 0 bridgehead atoms. The Balaban J connectivity index is 1.85. The van der Waals surface area contributed by atoms with Crippen LogP contribution in [-0.2, 0) is 37.3 Å². The summed E-state index contributed by atoms with van der Waals surface area (Å²) in [5.41, 5.74) is -0.887. The molecule has 0 aromatic rings. The van der Waals surface area contributed by atoms with Crippen molar-refractivity contribution in [1.29, 1.82) is 0 Å². The quantitative estimate of drug-likeness (QED) is 0.163. The molecule has 0 aromatic heterocycles. The van der Waals surface area contributed by atoms with Crippen LogP contribution in [0.25, 0.3) is 0 Å². The maximum absolute atomic E-state index is 11.8. The number of methoxy groups -OCH3 is 1. The minimum Gasteiger partial charge on any atom is -0.466 e. The van der Waals surface area contributed by atoms with E-state index in [9.17, 15) is 4.79 Å². The van der Waals surface area contributed by atoms with Gasteiger partial charge in [-0.15, -0.1) is 0 Å². The first-order valence-corrected chi connectivity index (χ1v) is 21.9. The van der Waals surface area contributed by atoms with Gasteiger partial charge in [0.2, 0.25) is 0 Å². The van der Waals surface area contributed by atoms with Gasteiger partial charge in [0.1, 0.15) is 0 Å². The average molecular weight is 601 g/mol. The van der Waals surface area contributed by atoms with Gasteiger partial charge in [0.25, 0.3) is 0 Å². The molecule has 0 radical (unpaired) electrons. The lowest BCUT2D eigenvalue weighted by Crippen LogP contribution is -2.50. The highest BCUT2D eigenvalue weighted by atomic mass is 28.4. The van der Waals surface area contributed by atoms with Crippen LogP contribution in [0.5, 0.6) is 0 Å². The molecule has 10 heteroatoms. The Morgan fingerprint density at radius 1 is 0.850 bits per heavy atom. The number of fused-ring (bicyclic) bond motifs is 1. The van der Waals surface area contributed by atoms with Crippen LogP contribution < -0.4 is 0 Å².